The van der Waals surface area contributed by atoms with E-state index in [1.807, 2.05) is 12.1 Å². The van der Waals surface area contributed by atoms with Gasteiger partial charge in [0.1, 0.15) is 0 Å². The van der Waals surface area contributed by atoms with Gasteiger partial charge in [0.05, 0.1) is 10.6 Å². The number of anilines is 1. The Balaban J connectivity index is 3.14. The zero-order chi connectivity index (χ0) is 15.0. The second-order valence-electron chi connectivity index (χ2n) is 4.81. The third-order valence-electron chi connectivity index (χ3n) is 3.26. The van der Waals surface area contributed by atoms with E-state index in [9.17, 15) is 0 Å². The maximum absolute atomic E-state index is 8.96. The Morgan fingerprint density at radius 1 is 1.25 bits per heavy atom. The quantitative estimate of drug-likeness (QED) is 0.332. The summed E-state index contributed by atoms with van der Waals surface area (Å²) >= 11 is 6.22. The first-order valence-corrected chi connectivity index (χ1v) is 7.54. The fourth-order valence-corrected chi connectivity index (χ4v) is 2.40. The summed E-state index contributed by atoms with van der Waals surface area (Å²) in [6.45, 7) is 6.23. The molecule has 0 aliphatic carbocycles. The van der Waals surface area contributed by atoms with Gasteiger partial charge in [-0.1, -0.05) is 49.5 Å². The van der Waals surface area contributed by atoms with Crippen LogP contribution in [0.2, 0.25) is 5.02 Å². The summed E-state index contributed by atoms with van der Waals surface area (Å²) in [7, 11) is 0. The van der Waals surface area contributed by atoms with Crippen molar-refractivity contribution < 1.29 is 5.21 Å². The van der Waals surface area contributed by atoms with Crippen molar-refractivity contribution in [2.24, 2.45) is 10.9 Å². The van der Waals surface area contributed by atoms with Crippen LogP contribution in [0.15, 0.2) is 23.4 Å². The molecule has 0 aliphatic heterocycles. The number of halogens is 1. The van der Waals surface area contributed by atoms with E-state index in [1.165, 1.54) is 0 Å². The van der Waals surface area contributed by atoms with E-state index in [1.54, 1.807) is 6.07 Å². The lowest BCUT2D eigenvalue weighted by molar-refractivity contribution is 0.318. The lowest BCUT2D eigenvalue weighted by Gasteiger charge is -2.27. The van der Waals surface area contributed by atoms with E-state index in [2.05, 4.69) is 23.9 Å². The van der Waals surface area contributed by atoms with Crippen LogP contribution in [-0.4, -0.2) is 24.1 Å². The fourth-order valence-electron chi connectivity index (χ4n) is 2.13. The molecule has 0 heterocycles. The predicted molar refractivity (Wildman–Crippen MR) is 86.0 cm³/mol. The number of amidine groups is 1. The Hall–Kier alpha value is -1.42. The highest BCUT2D eigenvalue weighted by Crippen LogP contribution is 2.28. The van der Waals surface area contributed by atoms with Crippen molar-refractivity contribution in [2.45, 2.75) is 39.5 Å². The lowest BCUT2D eigenvalue weighted by Crippen LogP contribution is -2.29. The van der Waals surface area contributed by atoms with Crippen LogP contribution < -0.4 is 10.6 Å². The van der Waals surface area contributed by atoms with E-state index >= 15 is 0 Å². The molecule has 0 bridgehead atoms. The van der Waals surface area contributed by atoms with Crippen molar-refractivity contribution in [3.63, 3.8) is 0 Å². The maximum Gasteiger partial charge on any atom is 0.173 e. The molecule has 0 saturated heterocycles. The summed E-state index contributed by atoms with van der Waals surface area (Å²) in [5, 5.41) is 12.6. The molecule has 1 rings (SSSR count). The second kappa shape index (κ2) is 8.69. The molecule has 0 saturated carbocycles. The summed E-state index contributed by atoms with van der Waals surface area (Å²) in [6, 6.07) is 5.64. The number of rotatable bonds is 8. The molecule has 0 spiro atoms. The van der Waals surface area contributed by atoms with Gasteiger partial charge in [-0.3, -0.25) is 0 Å². The summed E-state index contributed by atoms with van der Waals surface area (Å²) in [5.41, 5.74) is 7.33. The van der Waals surface area contributed by atoms with Crippen LogP contribution in [0.25, 0.3) is 0 Å². The summed E-state index contributed by atoms with van der Waals surface area (Å²) in [4.78, 5) is 2.27. The highest BCUT2D eigenvalue weighted by Gasteiger charge is 2.16. The van der Waals surface area contributed by atoms with Crippen molar-refractivity contribution in [1.82, 2.24) is 0 Å². The zero-order valence-corrected chi connectivity index (χ0v) is 13.0. The van der Waals surface area contributed by atoms with E-state index in [0.29, 0.717) is 10.6 Å². The van der Waals surface area contributed by atoms with Crippen LogP contribution in [0.4, 0.5) is 5.69 Å². The van der Waals surface area contributed by atoms with Crippen LogP contribution in [0.3, 0.4) is 0 Å². The summed E-state index contributed by atoms with van der Waals surface area (Å²) in [6.07, 6.45) is 4.46. The molecular weight excluding hydrogens is 274 g/mol. The lowest BCUT2D eigenvalue weighted by atomic mass is 10.1. The monoisotopic (exact) mass is 297 g/mol. The average Bonchev–Trinajstić information content (AvgIpc) is 2.46. The number of nitrogens with two attached hydrogens (primary N) is 1. The SMILES string of the molecule is CCCCN(CCCC)c1cccc(Cl)c1C(N)=NO. The summed E-state index contributed by atoms with van der Waals surface area (Å²) < 4.78 is 0. The normalized spacial score (nSPS) is 11.7. The highest BCUT2D eigenvalue weighted by molar-refractivity contribution is 6.34. The van der Waals surface area contributed by atoms with Crippen molar-refractivity contribution in [2.75, 3.05) is 18.0 Å². The largest absolute Gasteiger partial charge is 0.409 e. The number of hydrogen-bond acceptors (Lipinski definition) is 3. The fraction of sp³-hybridized carbons (Fsp3) is 0.533. The molecule has 0 unspecified atom stereocenters. The molecule has 4 nitrogen and oxygen atoms in total. The number of hydrogen-bond donors (Lipinski definition) is 2. The van der Waals surface area contributed by atoms with Gasteiger partial charge in [0.2, 0.25) is 0 Å². The molecule has 3 N–H and O–H groups in total. The minimum Gasteiger partial charge on any atom is -0.409 e. The molecule has 0 fully saturated rings. The molecule has 112 valence electrons. The molecule has 0 radical (unpaired) electrons. The van der Waals surface area contributed by atoms with Gasteiger partial charge in [-0.2, -0.15) is 0 Å². The van der Waals surface area contributed by atoms with Gasteiger partial charge < -0.3 is 15.8 Å². The average molecular weight is 298 g/mol. The molecule has 5 heteroatoms. The molecule has 0 aromatic heterocycles. The molecule has 0 atom stereocenters. The van der Waals surface area contributed by atoms with E-state index in [4.69, 9.17) is 22.5 Å². The summed E-state index contributed by atoms with van der Waals surface area (Å²) in [5.74, 6) is 0.0589. The molecule has 0 aliphatic rings. The highest BCUT2D eigenvalue weighted by atomic mass is 35.5. The predicted octanol–water partition coefficient (Wildman–Crippen LogP) is 3.84. The van der Waals surface area contributed by atoms with Crippen LogP contribution in [0.5, 0.6) is 0 Å². The van der Waals surface area contributed by atoms with Crippen LogP contribution in [0, 0.1) is 0 Å². The zero-order valence-electron chi connectivity index (χ0n) is 12.3. The van der Waals surface area contributed by atoms with E-state index in [-0.39, 0.29) is 5.84 Å². The van der Waals surface area contributed by atoms with Gasteiger partial charge in [-0.25, -0.2) is 0 Å². The van der Waals surface area contributed by atoms with Gasteiger partial charge >= 0.3 is 0 Å². The van der Waals surface area contributed by atoms with Crippen molar-refractivity contribution in [3.05, 3.63) is 28.8 Å². The minimum atomic E-state index is 0.0589. The number of unbranched alkanes of at least 4 members (excludes halogenated alkanes) is 2. The molecule has 0 amide bonds. The third kappa shape index (κ3) is 4.30. The van der Waals surface area contributed by atoms with Crippen LogP contribution >= 0.6 is 11.6 Å². The topological polar surface area (TPSA) is 61.8 Å². The van der Waals surface area contributed by atoms with Crippen LogP contribution in [0.1, 0.15) is 45.1 Å². The number of oxime groups is 1. The molecule has 20 heavy (non-hydrogen) atoms. The van der Waals surface area contributed by atoms with E-state index in [0.717, 1.165) is 44.5 Å². The molecule has 1 aromatic carbocycles. The Bertz CT molecular complexity index is 441. The smallest absolute Gasteiger partial charge is 0.173 e. The van der Waals surface area contributed by atoms with Gasteiger partial charge in [-0.15, -0.1) is 0 Å². The van der Waals surface area contributed by atoms with Gasteiger partial charge in [0.25, 0.3) is 0 Å². The third-order valence-corrected chi connectivity index (χ3v) is 3.57. The van der Waals surface area contributed by atoms with Crippen molar-refractivity contribution in [3.8, 4) is 0 Å². The first-order valence-electron chi connectivity index (χ1n) is 7.17. The Morgan fingerprint density at radius 2 is 1.85 bits per heavy atom. The van der Waals surface area contributed by atoms with Crippen LogP contribution in [-0.2, 0) is 0 Å². The van der Waals surface area contributed by atoms with E-state index < -0.39 is 0 Å². The first-order chi connectivity index (χ1) is 9.65. The van der Waals surface area contributed by atoms with Crippen molar-refractivity contribution >= 4 is 23.1 Å². The van der Waals surface area contributed by atoms with Gasteiger partial charge in [0, 0.05) is 18.8 Å². The Morgan fingerprint density at radius 3 is 2.35 bits per heavy atom. The molecular formula is C15H24ClN3O. The van der Waals surface area contributed by atoms with Crippen molar-refractivity contribution in [1.29, 1.82) is 0 Å². The Kier molecular flexibility index (Phi) is 7.23. The first kappa shape index (κ1) is 16.6. The standard InChI is InChI=1S/C15H24ClN3O/c1-3-5-10-19(11-6-4-2)13-9-7-8-12(16)14(13)15(17)18-20/h7-9,20H,3-6,10-11H2,1-2H3,(H2,17,18). The van der Waals surface area contributed by atoms with Gasteiger partial charge in [-0.05, 0) is 25.0 Å². The number of nitrogens with zero attached hydrogens (tertiary/aromatic N) is 2. The Labute approximate surface area is 126 Å². The minimum absolute atomic E-state index is 0.0589. The van der Waals surface area contributed by atoms with Gasteiger partial charge in [0.15, 0.2) is 5.84 Å². The number of benzene rings is 1. The molecule has 1 aromatic rings. The second-order valence-corrected chi connectivity index (χ2v) is 5.22. The maximum atomic E-state index is 8.96.